The summed E-state index contributed by atoms with van der Waals surface area (Å²) in [6.45, 7) is 5.72. The minimum absolute atomic E-state index is 1.07. The van der Waals surface area contributed by atoms with Crippen LogP contribution in [0.15, 0.2) is 170 Å². The van der Waals surface area contributed by atoms with Crippen LogP contribution in [0, 0.1) is 0 Å². The fourth-order valence-corrected chi connectivity index (χ4v) is 21.3. The van der Waals surface area contributed by atoms with Crippen molar-refractivity contribution in [2.75, 3.05) is 0 Å². The highest BCUT2D eigenvalue weighted by Gasteiger charge is 2.36. The molecule has 0 nitrogen and oxygen atoms in total. The van der Waals surface area contributed by atoms with Crippen LogP contribution >= 0.6 is 0 Å². The van der Waals surface area contributed by atoms with Crippen molar-refractivity contribution in [2.45, 2.75) is 166 Å². The molecule has 0 N–H and O–H groups in total. The smallest absolute Gasteiger partial charge is 0.0652 e. The molecule has 70 heavy (non-hydrogen) atoms. The Bertz CT molecular complexity index is 2360. The van der Waals surface area contributed by atoms with E-state index in [0.29, 0.717) is 0 Å². The van der Waals surface area contributed by atoms with Crippen LogP contribution in [0.2, 0.25) is 37.3 Å². The van der Waals surface area contributed by atoms with Crippen LogP contribution in [0.1, 0.15) is 125 Å². The van der Waals surface area contributed by atoms with Crippen molar-refractivity contribution < 1.29 is 0 Å². The summed E-state index contributed by atoms with van der Waals surface area (Å²) in [7, 11) is -3.75. The van der Waals surface area contributed by atoms with Gasteiger partial charge in [-0.25, -0.2) is 0 Å². The fraction of sp³-hybridized carbons (Fsp3) is 0.382. The Labute approximate surface area is 426 Å². The van der Waals surface area contributed by atoms with Crippen molar-refractivity contribution in [3.05, 3.63) is 192 Å². The molecule has 4 bridgehead atoms. The molecule has 0 atom stereocenters. The lowest BCUT2D eigenvalue weighted by atomic mass is 9.93. The second kappa shape index (κ2) is 24.9. The molecular formula is C68H82Si2. The van der Waals surface area contributed by atoms with E-state index in [1.165, 1.54) is 183 Å². The zero-order chi connectivity index (χ0) is 47.9. The lowest BCUT2D eigenvalue weighted by molar-refractivity contribution is 0.575. The van der Waals surface area contributed by atoms with E-state index >= 15 is 0 Å². The molecule has 0 amide bonds. The van der Waals surface area contributed by atoms with Gasteiger partial charge >= 0.3 is 0 Å². The van der Waals surface area contributed by atoms with Gasteiger partial charge in [-0.05, 0) is 105 Å². The predicted molar refractivity (Wildman–Crippen MR) is 311 cm³/mol. The zero-order valence-electron chi connectivity index (χ0n) is 43.1. The van der Waals surface area contributed by atoms with Gasteiger partial charge in [0.15, 0.2) is 0 Å². The summed E-state index contributed by atoms with van der Waals surface area (Å²) >= 11 is 0. The molecule has 0 fully saturated rings. The highest BCUT2D eigenvalue weighted by Crippen LogP contribution is 2.34. The average molecular weight is 956 g/mol. The number of aryl methyl sites for hydroxylation is 4. The Morgan fingerprint density at radius 2 is 0.500 bits per heavy atom. The maximum Gasteiger partial charge on any atom is 0.0840 e. The van der Waals surface area contributed by atoms with E-state index in [4.69, 9.17) is 0 Å². The van der Waals surface area contributed by atoms with Gasteiger partial charge in [-0.1, -0.05) is 308 Å². The van der Waals surface area contributed by atoms with E-state index in [2.05, 4.69) is 183 Å². The summed E-state index contributed by atoms with van der Waals surface area (Å²) in [4.78, 5) is 0. The van der Waals surface area contributed by atoms with Gasteiger partial charge in [0.1, 0.15) is 0 Å². The molecule has 7 aromatic rings. The molecule has 4 heterocycles. The number of hydrogen-bond acceptors (Lipinski definition) is 0. The minimum Gasteiger partial charge on any atom is -0.0652 e. The number of benzene rings is 7. The quantitative estimate of drug-likeness (QED) is 0.120. The molecule has 4 aliphatic heterocycles. The van der Waals surface area contributed by atoms with E-state index in [0.717, 1.165) is 25.7 Å². The average Bonchev–Trinajstić information content (AvgIpc) is 3.41. The summed E-state index contributed by atoms with van der Waals surface area (Å²) < 4.78 is 0. The molecule has 0 radical (unpaired) electrons. The summed E-state index contributed by atoms with van der Waals surface area (Å²) in [6.07, 6.45) is 27.0. The molecule has 11 rings (SSSR count). The molecule has 0 aliphatic carbocycles. The third-order valence-corrected chi connectivity index (χ3v) is 26.2. The Morgan fingerprint density at radius 1 is 0.257 bits per heavy atom. The number of hydrogen-bond donors (Lipinski definition) is 0. The lowest BCUT2D eigenvalue weighted by Crippen LogP contribution is -2.51. The first-order chi connectivity index (χ1) is 34.4. The van der Waals surface area contributed by atoms with Crippen LogP contribution in [-0.4, -0.2) is 16.1 Å². The molecule has 0 spiro atoms. The molecule has 7 aromatic carbocycles. The first-order valence-electron chi connectivity index (χ1n) is 28.1. The summed E-state index contributed by atoms with van der Waals surface area (Å²) in [5.74, 6) is 0. The fourth-order valence-electron chi connectivity index (χ4n) is 12.6. The normalized spacial score (nSPS) is 19.9. The minimum atomic E-state index is -1.88. The van der Waals surface area contributed by atoms with Crippen molar-refractivity contribution in [1.82, 2.24) is 0 Å². The zero-order valence-corrected chi connectivity index (χ0v) is 45.1. The molecule has 0 saturated heterocycles. The second-order valence-electron chi connectivity index (χ2n) is 22.2. The van der Waals surface area contributed by atoms with Crippen LogP contribution in [0.5, 0.6) is 0 Å². The Balaban J connectivity index is 1.18. The van der Waals surface area contributed by atoms with Gasteiger partial charge in [0.2, 0.25) is 0 Å². The third kappa shape index (κ3) is 13.3. The van der Waals surface area contributed by atoms with Gasteiger partial charge in [-0.3, -0.25) is 0 Å². The Morgan fingerprint density at radius 3 is 0.757 bits per heavy atom. The van der Waals surface area contributed by atoms with Crippen LogP contribution < -0.4 is 10.4 Å². The van der Waals surface area contributed by atoms with E-state index < -0.39 is 16.1 Å². The lowest BCUT2D eigenvalue weighted by Gasteiger charge is -2.36. The van der Waals surface area contributed by atoms with E-state index in [1.807, 2.05) is 10.4 Å². The Hall–Kier alpha value is -5.03. The standard InChI is InChI=1S/C68H82Si2/c1-69-43-27-11-7-3-5-9-13-29-45-70(2,46-30-14-10-6-4-8-12-28-44-69)68-54-61(41-39-55-47-63(57-31-19-15-20-32-57)51-64(48-55)58-33-21-16-22-34-58)67(69)53-62(68)42-40-56-49-65(59-35-23-17-24-36-59)52-66(50-56)60-37-25-18-26-38-60/h15-26,31-38,47-54H,3-14,27-30,39-46H2,1-2H3. The summed E-state index contributed by atoms with van der Waals surface area (Å²) in [5.41, 5.74) is 17.0. The highest BCUT2D eigenvalue weighted by molar-refractivity contribution is 6.93. The van der Waals surface area contributed by atoms with Crippen LogP contribution in [-0.2, 0) is 25.7 Å². The topological polar surface area (TPSA) is 0 Å². The molecule has 0 unspecified atom stereocenters. The third-order valence-electron chi connectivity index (χ3n) is 16.8. The van der Waals surface area contributed by atoms with E-state index in [-0.39, 0.29) is 0 Å². The highest BCUT2D eigenvalue weighted by atomic mass is 28.3. The van der Waals surface area contributed by atoms with Crippen molar-refractivity contribution in [3.63, 3.8) is 0 Å². The van der Waals surface area contributed by atoms with Crippen LogP contribution in [0.4, 0.5) is 0 Å². The SMILES string of the molecule is C[Si]12CCCCCCCCCC[Si](C)(CCCCCCCCCC1)c1cc(CCc3cc(-c4ccccc4)cc(-c4ccccc4)c3)c2cc1CCc1cc(-c2ccccc2)cc(-c2ccccc2)c1. The van der Waals surface area contributed by atoms with Gasteiger partial charge < -0.3 is 0 Å². The summed E-state index contributed by atoms with van der Waals surface area (Å²) in [6, 6.07) is 71.1. The predicted octanol–water partition coefficient (Wildman–Crippen LogP) is 18.8. The number of rotatable bonds is 10. The summed E-state index contributed by atoms with van der Waals surface area (Å²) in [5, 5.41) is 3.68. The van der Waals surface area contributed by atoms with Crippen LogP contribution in [0.25, 0.3) is 44.5 Å². The van der Waals surface area contributed by atoms with Crippen LogP contribution in [0.3, 0.4) is 0 Å². The van der Waals surface area contributed by atoms with Crippen molar-refractivity contribution in [1.29, 1.82) is 0 Å². The molecule has 2 heteroatoms. The van der Waals surface area contributed by atoms with Gasteiger partial charge in [0, 0.05) is 0 Å². The van der Waals surface area contributed by atoms with E-state index in [1.54, 1.807) is 11.1 Å². The van der Waals surface area contributed by atoms with Gasteiger partial charge in [-0.15, -0.1) is 0 Å². The molecule has 0 aromatic heterocycles. The molecule has 0 saturated carbocycles. The molecule has 362 valence electrons. The van der Waals surface area contributed by atoms with Crippen molar-refractivity contribution >= 4 is 26.5 Å². The van der Waals surface area contributed by atoms with Gasteiger partial charge in [0.25, 0.3) is 0 Å². The van der Waals surface area contributed by atoms with Crippen molar-refractivity contribution in [3.8, 4) is 44.5 Å². The first kappa shape index (κ1) is 49.9. The first-order valence-corrected chi connectivity index (χ1v) is 33.9. The van der Waals surface area contributed by atoms with Gasteiger partial charge in [-0.2, -0.15) is 0 Å². The largest absolute Gasteiger partial charge is 0.0840 e. The number of fused-ring (bicyclic) bond motifs is 18. The molecular weight excluding hydrogens is 873 g/mol. The monoisotopic (exact) mass is 955 g/mol. The van der Waals surface area contributed by atoms with E-state index in [9.17, 15) is 0 Å². The molecule has 4 aliphatic rings. The Kier molecular flexibility index (Phi) is 17.8. The maximum atomic E-state index is 2.95. The van der Waals surface area contributed by atoms with Gasteiger partial charge in [0.05, 0.1) is 16.1 Å². The second-order valence-corrected chi connectivity index (χ2v) is 31.6. The van der Waals surface area contributed by atoms with Crippen molar-refractivity contribution in [2.24, 2.45) is 0 Å². The maximum absolute atomic E-state index is 2.95.